The van der Waals surface area contributed by atoms with Crippen LogP contribution in [0.2, 0.25) is 5.15 Å². The first kappa shape index (κ1) is 15.4. The summed E-state index contributed by atoms with van der Waals surface area (Å²) in [5, 5.41) is 11.7. The van der Waals surface area contributed by atoms with Crippen molar-refractivity contribution in [2.24, 2.45) is 0 Å². The lowest BCUT2D eigenvalue weighted by Crippen LogP contribution is -2.60. The minimum Gasteiger partial charge on any atom is -0.455 e. The van der Waals surface area contributed by atoms with Crippen LogP contribution in [-0.2, 0) is 10.3 Å². The van der Waals surface area contributed by atoms with Gasteiger partial charge in [-0.15, -0.1) is 0 Å². The highest BCUT2D eigenvalue weighted by Gasteiger charge is 2.49. The van der Waals surface area contributed by atoms with Gasteiger partial charge in [0, 0.05) is 22.6 Å². The number of ether oxygens (including phenoxy) is 1. The van der Waals surface area contributed by atoms with Crippen molar-refractivity contribution >= 4 is 39.4 Å². The van der Waals surface area contributed by atoms with E-state index in [1.165, 1.54) is 4.90 Å². The van der Waals surface area contributed by atoms with Gasteiger partial charge in [-0.25, -0.2) is 4.98 Å². The van der Waals surface area contributed by atoms with Gasteiger partial charge >= 0.3 is 0 Å². The lowest BCUT2D eigenvalue weighted by molar-refractivity contribution is -0.129. The number of carbonyl (C=O) groups is 1. The van der Waals surface area contributed by atoms with Gasteiger partial charge in [0.2, 0.25) is 5.91 Å². The first-order valence-corrected chi connectivity index (χ1v) is 8.35. The second-order valence-corrected chi connectivity index (χ2v) is 7.06. The highest BCUT2D eigenvalue weighted by molar-refractivity contribution is 9.10. The van der Waals surface area contributed by atoms with E-state index in [2.05, 4.69) is 26.2 Å². The fraction of sp³-hybridized carbons (Fsp3) is 0.188. The van der Waals surface area contributed by atoms with Gasteiger partial charge in [0.15, 0.2) is 11.7 Å². The van der Waals surface area contributed by atoms with Crippen molar-refractivity contribution in [3.63, 3.8) is 0 Å². The molecule has 1 aromatic carbocycles. The number of nitrogens with zero attached hydrogens (tertiary/aromatic N) is 2. The zero-order valence-electron chi connectivity index (χ0n) is 12.6. The number of benzene rings is 1. The van der Waals surface area contributed by atoms with Gasteiger partial charge in [0.05, 0.1) is 12.6 Å². The molecule has 0 aliphatic carbocycles. The maximum absolute atomic E-state index is 12.5. The average Bonchev–Trinajstić information content (AvgIpc) is 2.54. The second kappa shape index (κ2) is 5.19. The molecule has 2 aliphatic heterocycles. The van der Waals surface area contributed by atoms with Gasteiger partial charge in [-0.3, -0.25) is 15.1 Å². The molecule has 1 fully saturated rings. The Bertz CT molecular complexity index is 830. The van der Waals surface area contributed by atoms with Crippen molar-refractivity contribution in [1.29, 1.82) is 5.41 Å². The molecule has 1 atom stereocenters. The van der Waals surface area contributed by atoms with E-state index in [9.17, 15) is 4.79 Å². The number of guanidine groups is 1. The Hall–Kier alpha value is -2.12. The topological polar surface area (TPSA) is 78.3 Å². The van der Waals surface area contributed by atoms with Gasteiger partial charge in [-0.05, 0) is 24.3 Å². The molecule has 24 heavy (non-hydrogen) atoms. The number of hydrogen-bond donors (Lipinski definition) is 2. The Balaban J connectivity index is 2.02. The Morgan fingerprint density at radius 2 is 2.12 bits per heavy atom. The largest absolute Gasteiger partial charge is 0.455 e. The normalized spacial score (nSPS) is 21.9. The number of halogens is 2. The van der Waals surface area contributed by atoms with Gasteiger partial charge < -0.3 is 10.1 Å². The highest BCUT2D eigenvalue weighted by Crippen LogP contribution is 2.50. The van der Waals surface area contributed by atoms with Crippen LogP contribution in [0.1, 0.15) is 17.5 Å². The van der Waals surface area contributed by atoms with Gasteiger partial charge in [-0.1, -0.05) is 27.5 Å². The van der Waals surface area contributed by atoms with Crippen LogP contribution < -0.4 is 10.1 Å². The number of hydrogen-bond acceptors (Lipinski definition) is 4. The molecule has 122 valence electrons. The lowest BCUT2D eigenvalue weighted by Gasteiger charge is -2.45. The molecule has 4 rings (SSSR count). The van der Waals surface area contributed by atoms with Crippen molar-refractivity contribution in [2.45, 2.75) is 12.0 Å². The summed E-state index contributed by atoms with van der Waals surface area (Å²) in [6.45, 7) is 0. The summed E-state index contributed by atoms with van der Waals surface area (Å²) >= 11 is 9.55. The summed E-state index contributed by atoms with van der Waals surface area (Å²) in [5.41, 5.74) is 0.553. The Kier molecular flexibility index (Phi) is 3.33. The molecule has 6 nitrogen and oxygen atoms in total. The maximum atomic E-state index is 12.5. The number of fused-ring (bicyclic) bond motifs is 4. The van der Waals surface area contributed by atoms with Gasteiger partial charge in [0.25, 0.3) is 0 Å². The molecule has 2 N–H and O–H groups in total. The third kappa shape index (κ3) is 2.12. The van der Waals surface area contributed by atoms with E-state index in [-0.39, 0.29) is 18.3 Å². The van der Waals surface area contributed by atoms with Crippen LogP contribution in [0.3, 0.4) is 0 Å². The fourth-order valence-electron chi connectivity index (χ4n) is 3.15. The van der Waals surface area contributed by atoms with E-state index in [1.807, 2.05) is 18.2 Å². The molecule has 2 aromatic rings. The average molecular weight is 408 g/mol. The third-order valence-corrected chi connectivity index (χ3v) is 5.07. The Labute approximate surface area is 151 Å². The molecule has 8 heteroatoms. The van der Waals surface area contributed by atoms with E-state index in [0.29, 0.717) is 22.2 Å². The fourth-order valence-corrected chi connectivity index (χ4v) is 3.66. The minimum absolute atomic E-state index is 0.0259. The van der Waals surface area contributed by atoms with Gasteiger partial charge in [-0.2, -0.15) is 0 Å². The molecule has 0 unspecified atom stereocenters. The number of rotatable bonds is 0. The number of pyridine rings is 1. The molecule has 1 spiro atoms. The quantitative estimate of drug-likeness (QED) is 0.657. The molecular weight excluding hydrogens is 396 g/mol. The second-order valence-electron chi connectivity index (χ2n) is 5.75. The van der Waals surface area contributed by atoms with Crippen molar-refractivity contribution in [2.75, 3.05) is 7.05 Å². The van der Waals surface area contributed by atoms with E-state index in [4.69, 9.17) is 21.7 Å². The molecule has 2 aliphatic rings. The Morgan fingerprint density at radius 3 is 2.88 bits per heavy atom. The monoisotopic (exact) mass is 406 g/mol. The SMILES string of the molecule is CN1C(=N)N[C@]2(CC1=O)c1cc(Br)ccc1Oc1cnc(Cl)cc12. The molecular formula is C16H12BrClN4O2. The predicted molar refractivity (Wildman–Crippen MR) is 92.5 cm³/mol. The molecule has 0 bridgehead atoms. The smallest absolute Gasteiger partial charge is 0.232 e. The maximum Gasteiger partial charge on any atom is 0.232 e. The first-order valence-electron chi connectivity index (χ1n) is 7.18. The molecule has 1 aromatic heterocycles. The molecule has 3 heterocycles. The summed E-state index contributed by atoms with van der Waals surface area (Å²) in [7, 11) is 1.58. The van der Waals surface area contributed by atoms with Crippen molar-refractivity contribution in [3.8, 4) is 11.5 Å². The summed E-state index contributed by atoms with van der Waals surface area (Å²) in [6, 6.07) is 7.26. The molecule has 0 saturated carbocycles. The molecule has 0 radical (unpaired) electrons. The van der Waals surface area contributed by atoms with Crippen LogP contribution in [0, 0.1) is 5.41 Å². The van der Waals surface area contributed by atoms with Crippen LogP contribution in [0.25, 0.3) is 0 Å². The number of aromatic nitrogens is 1. The van der Waals surface area contributed by atoms with Crippen LogP contribution in [-0.4, -0.2) is 28.8 Å². The first-order chi connectivity index (χ1) is 11.4. The van der Waals surface area contributed by atoms with E-state index in [1.54, 1.807) is 19.3 Å². The number of carbonyl (C=O) groups excluding carboxylic acids is 1. The standard InChI is InChI=1S/C16H12BrClN4O2/c1-22-14(23)6-16(21-15(22)19)9-4-8(17)2-3-11(9)24-12-7-20-13(18)5-10(12)16/h2-5,7H,6H2,1H3,(H2,19,21)/t16-/m1/s1. The zero-order valence-corrected chi connectivity index (χ0v) is 14.9. The van der Waals surface area contributed by atoms with Crippen LogP contribution in [0.4, 0.5) is 0 Å². The third-order valence-electron chi connectivity index (χ3n) is 4.37. The van der Waals surface area contributed by atoms with Gasteiger partial charge in [0.1, 0.15) is 16.4 Å². The minimum atomic E-state index is -0.917. The lowest BCUT2D eigenvalue weighted by atomic mass is 9.76. The summed E-state index contributed by atoms with van der Waals surface area (Å²) in [6.07, 6.45) is 1.69. The van der Waals surface area contributed by atoms with Crippen LogP contribution in [0.15, 0.2) is 34.9 Å². The van der Waals surface area contributed by atoms with Crippen molar-refractivity contribution < 1.29 is 9.53 Å². The number of nitrogens with one attached hydrogen (secondary N) is 2. The van der Waals surface area contributed by atoms with Crippen LogP contribution >= 0.6 is 27.5 Å². The highest BCUT2D eigenvalue weighted by atomic mass is 79.9. The van der Waals surface area contributed by atoms with Crippen molar-refractivity contribution in [3.05, 3.63) is 51.2 Å². The summed E-state index contributed by atoms with van der Waals surface area (Å²) in [5.74, 6) is 1.00. The Morgan fingerprint density at radius 1 is 1.38 bits per heavy atom. The van der Waals surface area contributed by atoms with E-state index >= 15 is 0 Å². The zero-order chi connectivity index (χ0) is 17.1. The number of amides is 1. The molecule has 1 amide bonds. The molecule has 1 saturated heterocycles. The van der Waals surface area contributed by atoms with Crippen LogP contribution in [0.5, 0.6) is 11.5 Å². The van der Waals surface area contributed by atoms with E-state index in [0.717, 1.165) is 10.0 Å². The summed E-state index contributed by atoms with van der Waals surface area (Å²) in [4.78, 5) is 17.9. The predicted octanol–water partition coefficient (Wildman–Crippen LogP) is 3.23. The van der Waals surface area contributed by atoms with Crippen molar-refractivity contribution in [1.82, 2.24) is 15.2 Å². The summed E-state index contributed by atoms with van der Waals surface area (Å²) < 4.78 is 6.79. The van der Waals surface area contributed by atoms with E-state index < -0.39 is 5.54 Å².